The standard InChI is InChI=1S/C23H31N3O3/c1-15(22(27)26-11-5-6-16(26)2)12-17-14-24-21-10-9-19(13-20(17)21)29-23(28)25-18-7-3-4-8-18/h9-10,13-16,18,24H,3-8,11-12H2,1-2H3,(H,25,28)/t15?,16-/m1/s1. The Morgan fingerprint density at radius 1 is 1.24 bits per heavy atom. The SMILES string of the molecule is CC(Cc1c[nH]c2ccc(OC(=O)NC3CCCC3)cc12)C(=O)N1CCC[C@H]1C. The van der Waals surface area contributed by atoms with Crippen molar-refractivity contribution < 1.29 is 14.3 Å². The number of ether oxygens (including phenoxy) is 1. The second-order valence-electron chi connectivity index (χ2n) is 8.66. The molecule has 2 N–H and O–H groups in total. The van der Waals surface area contributed by atoms with Gasteiger partial charge in [-0.3, -0.25) is 4.79 Å². The van der Waals surface area contributed by atoms with Gasteiger partial charge >= 0.3 is 6.09 Å². The van der Waals surface area contributed by atoms with Gasteiger partial charge in [0.1, 0.15) is 5.75 Å². The first-order chi connectivity index (χ1) is 14.0. The molecule has 2 fully saturated rings. The van der Waals surface area contributed by atoms with Crippen molar-refractivity contribution in [2.75, 3.05) is 6.54 Å². The molecule has 6 heteroatoms. The van der Waals surface area contributed by atoms with Gasteiger partial charge in [0.15, 0.2) is 0 Å². The molecule has 1 aromatic heterocycles. The third kappa shape index (κ3) is 4.41. The van der Waals surface area contributed by atoms with E-state index in [0.29, 0.717) is 18.2 Å². The Morgan fingerprint density at radius 3 is 2.76 bits per heavy atom. The summed E-state index contributed by atoms with van der Waals surface area (Å²) < 4.78 is 5.52. The third-order valence-corrected chi connectivity index (χ3v) is 6.41. The molecule has 1 aliphatic heterocycles. The number of hydrogen-bond donors (Lipinski definition) is 2. The van der Waals surface area contributed by atoms with E-state index >= 15 is 0 Å². The summed E-state index contributed by atoms with van der Waals surface area (Å²) in [7, 11) is 0. The van der Waals surface area contributed by atoms with E-state index in [1.54, 1.807) is 6.07 Å². The van der Waals surface area contributed by atoms with Crippen LogP contribution in [-0.4, -0.2) is 40.5 Å². The predicted octanol–water partition coefficient (Wildman–Crippen LogP) is 4.39. The van der Waals surface area contributed by atoms with Crippen LogP contribution < -0.4 is 10.1 Å². The number of H-pyrrole nitrogens is 1. The van der Waals surface area contributed by atoms with Crippen LogP contribution in [0.2, 0.25) is 0 Å². The second-order valence-corrected chi connectivity index (χ2v) is 8.66. The van der Waals surface area contributed by atoms with Gasteiger partial charge in [-0.1, -0.05) is 19.8 Å². The molecule has 1 unspecified atom stereocenters. The van der Waals surface area contributed by atoms with Gasteiger partial charge in [-0.25, -0.2) is 4.79 Å². The van der Waals surface area contributed by atoms with Gasteiger partial charge in [0, 0.05) is 41.6 Å². The quantitative estimate of drug-likeness (QED) is 0.786. The normalized spacial score (nSPS) is 20.9. The van der Waals surface area contributed by atoms with Crippen LogP contribution in [0.3, 0.4) is 0 Å². The van der Waals surface area contributed by atoms with E-state index in [1.165, 1.54) is 0 Å². The maximum Gasteiger partial charge on any atom is 0.412 e. The van der Waals surface area contributed by atoms with Crippen molar-refractivity contribution in [3.8, 4) is 5.75 Å². The molecule has 4 rings (SSSR count). The maximum atomic E-state index is 12.8. The molecule has 1 saturated carbocycles. The molecule has 156 valence electrons. The smallest absolute Gasteiger partial charge is 0.410 e. The minimum absolute atomic E-state index is 0.0789. The highest BCUT2D eigenvalue weighted by Gasteiger charge is 2.29. The zero-order valence-electron chi connectivity index (χ0n) is 17.4. The molecule has 1 aromatic carbocycles. The highest BCUT2D eigenvalue weighted by atomic mass is 16.6. The molecular formula is C23H31N3O3. The Morgan fingerprint density at radius 2 is 2.03 bits per heavy atom. The Kier molecular flexibility index (Phi) is 5.79. The Labute approximate surface area is 172 Å². The summed E-state index contributed by atoms with van der Waals surface area (Å²) in [6.45, 7) is 5.00. The van der Waals surface area contributed by atoms with Crippen LogP contribution in [0, 0.1) is 5.92 Å². The molecule has 0 bridgehead atoms. The zero-order chi connectivity index (χ0) is 20.4. The summed E-state index contributed by atoms with van der Waals surface area (Å²) in [5.74, 6) is 0.679. The van der Waals surface area contributed by atoms with Crippen LogP contribution in [0.4, 0.5) is 4.79 Å². The number of aromatic nitrogens is 1. The van der Waals surface area contributed by atoms with Crippen LogP contribution >= 0.6 is 0 Å². The fourth-order valence-electron chi connectivity index (χ4n) is 4.72. The summed E-state index contributed by atoms with van der Waals surface area (Å²) in [6, 6.07) is 6.19. The van der Waals surface area contributed by atoms with Gasteiger partial charge < -0.3 is 19.9 Å². The lowest BCUT2D eigenvalue weighted by Gasteiger charge is -2.25. The minimum Gasteiger partial charge on any atom is -0.410 e. The van der Waals surface area contributed by atoms with E-state index in [2.05, 4.69) is 17.2 Å². The van der Waals surface area contributed by atoms with E-state index in [9.17, 15) is 9.59 Å². The number of nitrogens with zero attached hydrogens (tertiary/aromatic N) is 1. The number of carbonyl (C=O) groups excluding carboxylic acids is 2. The lowest BCUT2D eigenvalue weighted by molar-refractivity contribution is -0.135. The molecular weight excluding hydrogens is 366 g/mol. The van der Waals surface area contributed by atoms with Gasteiger partial charge in [0.2, 0.25) is 5.91 Å². The van der Waals surface area contributed by atoms with Crippen molar-refractivity contribution in [3.05, 3.63) is 30.0 Å². The minimum atomic E-state index is -0.389. The number of fused-ring (bicyclic) bond motifs is 1. The van der Waals surface area contributed by atoms with E-state index in [-0.39, 0.29) is 24.0 Å². The summed E-state index contributed by atoms with van der Waals surface area (Å²) in [5.41, 5.74) is 2.06. The molecule has 2 aromatic rings. The van der Waals surface area contributed by atoms with E-state index in [0.717, 1.165) is 61.5 Å². The lowest BCUT2D eigenvalue weighted by atomic mass is 9.99. The number of likely N-dealkylation sites (tertiary alicyclic amines) is 1. The number of nitrogens with one attached hydrogen (secondary N) is 2. The van der Waals surface area contributed by atoms with Crippen molar-refractivity contribution in [1.29, 1.82) is 0 Å². The molecule has 1 saturated heterocycles. The van der Waals surface area contributed by atoms with Crippen molar-refractivity contribution >= 4 is 22.9 Å². The summed E-state index contributed by atoms with van der Waals surface area (Å²) in [5, 5.41) is 3.95. The topological polar surface area (TPSA) is 74.4 Å². The van der Waals surface area contributed by atoms with Crippen LogP contribution in [0.15, 0.2) is 24.4 Å². The lowest BCUT2D eigenvalue weighted by Crippen LogP contribution is -2.38. The Hall–Kier alpha value is -2.50. The second kappa shape index (κ2) is 8.47. The molecule has 2 amide bonds. The van der Waals surface area contributed by atoms with Gasteiger partial charge in [0.25, 0.3) is 0 Å². The fourth-order valence-corrected chi connectivity index (χ4v) is 4.72. The predicted molar refractivity (Wildman–Crippen MR) is 113 cm³/mol. The third-order valence-electron chi connectivity index (χ3n) is 6.41. The molecule has 0 spiro atoms. The van der Waals surface area contributed by atoms with Crippen molar-refractivity contribution in [3.63, 3.8) is 0 Å². The summed E-state index contributed by atoms with van der Waals surface area (Å²) in [4.78, 5) is 30.3. The highest BCUT2D eigenvalue weighted by molar-refractivity contribution is 5.86. The van der Waals surface area contributed by atoms with E-state index in [4.69, 9.17) is 4.74 Å². The first-order valence-corrected chi connectivity index (χ1v) is 10.9. The number of aromatic amines is 1. The Balaban J connectivity index is 1.43. The largest absolute Gasteiger partial charge is 0.412 e. The average Bonchev–Trinajstić information content (AvgIpc) is 3.43. The molecule has 2 aliphatic rings. The van der Waals surface area contributed by atoms with Crippen LogP contribution in [-0.2, 0) is 11.2 Å². The zero-order valence-corrected chi connectivity index (χ0v) is 17.4. The molecule has 1 aliphatic carbocycles. The van der Waals surface area contributed by atoms with Crippen molar-refractivity contribution in [2.45, 2.75) is 70.9 Å². The van der Waals surface area contributed by atoms with Gasteiger partial charge in [-0.2, -0.15) is 0 Å². The van der Waals surface area contributed by atoms with Crippen molar-refractivity contribution in [2.24, 2.45) is 5.92 Å². The fraction of sp³-hybridized carbons (Fsp3) is 0.565. The highest BCUT2D eigenvalue weighted by Crippen LogP contribution is 2.27. The van der Waals surface area contributed by atoms with Crippen LogP contribution in [0.1, 0.15) is 57.9 Å². The van der Waals surface area contributed by atoms with Gasteiger partial charge in [-0.05, 0) is 62.8 Å². The summed E-state index contributed by atoms with van der Waals surface area (Å²) >= 11 is 0. The number of carbonyl (C=O) groups is 2. The molecule has 2 atom stereocenters. The number of hydrogen-bond acceptors (Lipinski definition) is 3. The molecule has 6 nitrogen and oxygen atoms in total. The van der Waals surface area contributed by atoms with Crippen LogP contribution in [0.5, 0.6) is 5.75 Å². The van der Waals surface area contributed by atoms with Crippen molar-refractivity contribution in [1.82, 2.24) is 15.2 Å². The Bertz CT molecular complexity index is 885. The molecule has 2 heterocycles. The first-order valence-electron chi connectivity index (χ1n) is 10.9. The number of amides is 2. The number of benzene rings is 1. The van der Waals surface area contributed by atoms with Gasteiger partial charge in [0.05, 0.1) is 0 Å². The first kappa shape index (κ1) is 19.8. The summed E-state index contributed by atoms with van der Waals surface area (Å²) in [6.07, 6.45) is 8.80. The van der Waals surface area contributed by atoms with E-state index in [1.807, 2.05) is 30.2 Å². The van der Waals surface area contributed by atoms with Gasteiger partial charge in [-0.15, -0.1) is 0 Å². The maximum absolute atomic E-state index is 12.8. The monoisotopic (exact) mass is 397 g/mol. The molecule has 0 radical (unpaired) electrons. The van der Waals surface area contributed by atoms with Crippen LogP contribution in [0.25, 0.3) is 10.9 Å². The van der Waals surface area contributed by atoms with E-state index < -0.39 is 0 Å². The average molecular weight is 398 g/mol. The number of rotatable bonds is 5. The molecule has 29 heavy (non-hydrogen) atoms.